The van der Waals surface area contributed by atoms with Crippen molar-refractivity contribution in [3.05, 3.63) is 0 Å². The summed E-state index contributed by atoms with van der Waals surface area (Å²) in [6.45, 7) is 21.1. The third-order valence-electron chi connectivity index (χ3n) is 5.24. The van der Waals surface area contributed by atoms with Crippen molar-refractivity contribution in [2.45, 2.75) is 126 Å². The molecule has 31 heavy (non-hydrogen) atoms. The zero-order chi connectivity index (χ0) is 24.7. The molecule has 0 N–H and O–H groups in total. The number of alkyl halides is 2. The fourth-order valence-electron chi connectivity index (χ4n) is 3.72. The molecule has 0 aromatic carbocycles. The highest BCUT2D eigenvalue weighted by atomic mass is 79.9. The molecule has 0 unspecified atom stereocenters. The Kier molecular flexibility index (Phi) is 12.9. The van der Waals surface area contributed by atoms with E-state index < -0.39 is 33.8 Å². The molecule has 9 heteroatoms. The number of hydrogen-bond acceptors (Lipinski definition) is 4. The van der Waals surface area contributed by atoms with Crippen LogP contribution in [0.2, 0.25) is 51.4 Å². The molecule has 0 aliphatic heterocycles. The minimum absolute atomic E-state index is 0.264. The fourth-order valence-corrected chi connectivity index (χ4v) is 18.3. The van der Waals surface area contributed by atoms with E-state index in [2.05, 4.69) is 71.1 Å². The summed E-state index contributed by atoms with van der Waals surface area (Å²) in [6.07, 6.45) is 5.12. The van der Waals surface area contributed by atoms with E-state index >= 15 is 0 Å². The van der Waals surface area contributed by atoms with E-state index in [9.17, 15) is 9.59 Å². The summed E-state index contributed by atoms with van der Waals surface area (Å²) < 4.78 is 12.5. The maximum Gasteiger partial charge on any atom is 0.311 e. The lowest BCUT2D eigenvalue weighted by molar-refractivity contribution is -0.121. The number of halogens is 2. The number of unbranched alkanes of at least 4 members (excludes halogenated alkanes) is 2. The Hall–Kier alpha value is 0.871. The molecule has 0 aromatic rings. The lowest BCUT2D eigenvalue weighted by Gasteiger charge is -2.39. The maximum atomic E-state index is 12.1. The lowest BCUT2D eigenvalue weighted by atomic mass is 10.0. The van der Waals surface area contributed by atoms with Crippen LogP contribution < -0.4 is 0 Å². The Morgan fingerprint density at radius 3 is 1.19 bits per heavy atom. The van der Waals surface area contributed by atoms with Gasteiger partial charge in [-0.1, -0.05) is 44.7 Å². The van der Waals surface area contributed by atoms with E-state index in [0.29, 0.717) is 12.8 Å². The van der Waals surface area contributed by atoms with Crippen molar-refractivity contribution in [2.24, 2.45) is 0 Å². The molecule has 0 radical (unpaired) electrons. The first-order chi connectivity index (χ1) is 13.7. The Bertz CT molecular complexity index is 545. The third kappa shape index (κ3) is 15.4. The van der Waals surface area contributed by atoms with Crippen LogP contribution in [-0.4, -0.2) is 45.4 Å². The highest BCUT2D eigenvalue weighted by molar-refractivity contribution is 9.10. The van der Waals surface area contributed by atoms with E-state index in [0.717, 1.165) is 37.8 Å². The number of rotatable bonds is 16. The van der Waals surface area contributed by atoms with Crippen LogP contribution in [0.15, 0.2) is 0 Å². The number of carbonyl (C=O) groups excluding carboxylic acids is 2. The SMILES string of the molecule is CC(C)(Br)C(=O)CCCC[Si](C)(C)O[Si](C)(C)O[Si](C)(C)CCCCC(=O)C(C)(C)Br. The van der Waals surface area contributed by atoms with E-state index in [1.807, 2.05) is 27.7 Å². The summed E-state index contributed by atoms with van der Waals surface area (Å²) in [5, 5.41) is 0. The van der Waals surface area contributed by atoms with E-state index in [1.165, 1.54) is 0 Å². The number of ketones is 2. The van der Waals surface area contributed by atoms with Gasteiger partial charge in [-0.25, -0.2) is 0 Å². The first-order valence-corrected chi connectivity index (χ1v) is 22.2. The zero-order valence-corrected chi connectivity index (χ0v) is 27.7. The van der Waals surface area contributed by atoms with Gasteiger partial charge in [0.1, 0.15) is 11.6 Å². The number of carbonyl (C=O) groups is 2. The summed E-state index contributed by atoms with van der Waals surface area (Å²) in [4.78, 5) is 24.1. The highest BCUT2D eigenvalue weighted by Gasteiger charge is 2.39. The molecule has 0 spiro atoms. The van der Waals surface area contributed by atoms with Gasteiger partial charge in [-0.2, -0.15) is 0 Å². The average molecular weight is 619 g/mol. The van der Waals surface area contributed by atoms with Gasteiger partial charge in [-0.3, -0.25) is 9.59 Å². The van der Waals surface area contributed by atoms with Crippen LogP contribution in [0.3, 0.4) is 0 Å². The molecule has 0 amide bonds. The van der Waals surface area contributed by atoms with Crippen molar-refractivity contribution in [3.63, 3.8) is 0 Å². The molecule has 0 saturated heterocycles. The normalized spacial score (nSPS) is 14.1. The summed E-state index contributed by atoms with van der Waals surface area (Å²) in [7, 11) is -5.91. The minimum atomic E-state index is -2.22. The quantitative estimate of drug-likeness (QED) is 0.100. The molecule has 184 valence electrons. The Balaban J connectivity index is 4.48. The highest BCUT2D eigenvalue weighted by Crippen LogP contribution is 2.28. The average Bonchev–Trinajstić information content (AvgIpc) is 2.51. The van der Waals surface area contributed by atoms with Gasteiger partial charge in [-0.05, 0) is 91.9 Å². The van der Waals surface area contributed by atoms with Crippen molar-refractivity contribution >= 4 is 68.6 Å². The van der Waals surface area contributed by atoms with Crippen LogP contribution in [-0.2, 0) is 17.8 Å². The van der Waals surface area contributed by atoms with Gasteiger partial charge in [0.05, 0.1) is 8.65 Å². The first-order valence-electron chi connectivity index (χ1n) is 11.5. The van der Waals surface area contributed by atoms with Crippen LogP contribution >= 0.6 is 31.9 Å². The molecule has 0 aromatic heterocycles. The van der Waals surface area contributed by atoms with Gasteiger partial charge in [0, 0.05) is 12.8 Å². The van der Waals surface area contributed by atoms with Gasteiger partial charge >= 0.3 is 8.56 Å². The van der Waals surface area contributed by atoms with Crippen molar-refractivity contribution < 1.29 is 17.8 Å². The van der Waals surface area contributed by atoms with Crippen molar-refractivity contribution in [3.8, 4) is 0 Å². The molecule has 0 heterocycles. The van der Waals surface area contributed by atoms with Gasteiger partial charge in [0.2, 0.25) is 0 Å². The molecular weight excluding hydrogens is 572 g/mol. The van der Waals surface area contributed by atoms with Crippen molar-refractivity contribution in [2.75, 3.05) is 0 Å². The van der Waals surface area contributed by atoms with Crippen LogP contribution in [0.4, 0.5) is 0 Å². The van der Waals surface area contributed by atoms with Crippen LogP contribution in [0.5, 0.6) is 0 Å². The molecule has 0 saturated carbocycles. The maximum absolute atomic E-state index is 12.1. The zero-order valence-electron chi connectivity index (χ0n) is 21.5. The summed E-state index contributed by atoms with van der Waals surface area (Å²) in [5.74, 6) is 0.528. The molecule has 0 aliphatic carbocycles. The number of Topliss-reactive ketones (excluding diaryl/α,β-unsaturated/α-hetero) is 2. The molecule has 0 bridgehead atoms. The Labute approximate surface area is 211 Å². The predicted molar refractivity (Wildman–Crippen MR) is 148 cm³/mol. The topological polar surface area (TPSA) is 52.6 Å². The summed E-state index contributed by atoms with van der Waals surface area (Å²) in [6, 6.07) is 2.10. The van der Waals surface area contributed by atoms with Crippen LogP contribution in [0.1, 0.15) is 66.2 Å². The molecule has 0 atom stereocenters. The number of hydrogen-bond donors (Lipinski definition) is 0. The standard InChI is InChI=1S/C22H46Br2O4Si3/c1-21(2,23)19(25)15-11-13-17-29(5,6)27-31(9,10)28-30(7,8)18-14-12-16-20(26)22(3,4)24/h11-18H2,1-10H3. The second-order valence-electron chi connectivity index (χ2n) is 11.3. The van der Waals surface area contributed by atoms with E-state index in [-0.39, 0.29) is 11.6 Å². The third-order valence-corrected chi connectivity index (χ3v) is 17.6. The first kappa shape index (κ1) is 31.9. The molecule has 0 rings (SSSR count). The van der Waals surface area contributed by atoms with Crippen molar-refractivity contribution in [1.29, 1.82) is 0 Å². The summed E-state index contributed by atoms with van der Waals surface area (Å²) in [5.41, 5.74) is 0. The van der Waals surface area contributed by atoms with Crippen LogP contribution in [0.25, 0.3) is 0 Å². The van der Waals surface area contributed by atoms with E-state index in [1.54, 1.807) is 0 Å². The fraction of sp³-hybridized carbons (Fsp3) is 0.909. The van der Waals surface area contributed by atoms with Crippen molar-refractivity contribution in [1.82, 2.24) is 0 Å². The van der Waals surface area contributed by atoms with E-state index in [4.69, 9.17) is 8.23 Å². The second kappa shape index (κ2) is 12.5. The summed E-state index contributed by atoms with van der Waals surface area (Å²) >= 11 is 6.90. The minimum Gasteiger partial charge on any atom is -0.437 e. The Morgan fingerprint density at radius 2 is 0.935 bits per heavy atom. The molecular formula is C22H46Br2O4Si3. The molecule has 4 nitrogen and oxygen atoms in total. The monoisotopic (exact) mass is 616 g/mol. The van der Waals surface area contributed by atoms with Gasteiger partial charge in [0.15, 0.2) is 16.6 Å². The largest absolute Gasteiger partial charge is 0.437 e. The van der Waals surface area contributed by atoms with Crippen LogP contribution in [0, 0.1) is 0 Å². The van der Waals surface area contributed by atoms with Gasteiger partial charge < -0.3 is 8.23 Å². The second-order valence-corrected chi connectivity index (χ2v) is 27.8. The van der Waals surface area contributed by atoms with Gasteiger partial charge in [0.25, 0.3) is 0 Å². The Morgan fingerprint density at radius 1 is 0.645 bits per heavy atom. The smallest absolute Gasteiger partial charge is 0.311 e. The van der Waals surface area contributed by atoms with Gasteiger partial charge in [-0.15, -0.1) is 0 Å². The lowest BCUT2D eigenvalue weighted by Crippen LogP contribution is -2.52. The molecule has 0 aliphatic rings. The predicted octanol–water partition coefficient (Wildman–Crippen LogP) is 7.96. The molecule has 0 fully saturated rings.